The van der Waals surface area contributed by atoms with Gasteiger partial charge in [-0.1, -0.05) is 32.6 Å². The molecule has 0 bridgehead atoms. The van der Waals surface area contributed by atoms with Crippen LogP contribution in [0, 0.1) is 0 Å². The SMILES string of the molecule is CCCCCCCC[NH+]=Nc1c(Br)ccc(Br)c1N. The quantitative estimate of drug-likeness (QED) is 0.387. The lowest BCUT2D eigenvalue weighted by atomic mass is 10.1. The summed E-state index contributed by atoms with van der Waals surface area (Å²) in [6, 6.07) is 3.85. The lowest BCUT2D eigenvalue weighted by Gasteiger charge is -2.01. The first-order chi connectivity index (χ1) is 9.16. The molecule has 0 amide bonds. The van der Waals surface area contributed by atoms with Crippen molar-refractivity contribution in [3.63, 3.8) is 0 Å². The Balaban J connectivity index is 2.35. The summed E-state index contributed by atoms with van der Waals surface area (Å²) in [7, 11) is 0. The van der Waals surface area contributed by atoms with E-state index in [0.29, 0.717) is 5.69 Å². The average Bonchev–Trinajstić information content (AvgIpc) is 2.40. The van der Waals surface area contributed by atoms with Crippen LogP contribution in [0.15, 0.2) is 26.2 Å². The molecule has 0 aromatic heterocycles. The lowest BCUT2D eigenvalue weighted by molar-refractivity contribution is -0.528. The Labute approximate surface area is 132 Å². The number of benzene rings is 1. The number of anilines is 1. The number of halogens is 2. The largest absolute Gasteiger partial charge is 0.396 e. The van der Waals surface area contributed by atoms with Gasteiger partial charge in [-0.05, 0) is 55.5 Å². The van der Waals surface area contributed by atoms with E-state index in [4.69, 9.17) is 5.73 Å². The number of nitrogens with zero attached hydrogens (tertiary/aromatic N) is 1. The molecule has 0 aliphatic carbocycles. The molecule has 0 fully saturated rings. The van der Waals surface area contributed by atoms with E-state index in [0.717, 1.165) is 27.6 Å². The van der Waals surface area contributed by atoms with Crippen LogP contribution in [-0.2, 0) is 0 Å². The Bertz CT molecular complexity index is 419. The Morgan fingerprint density at radius 1 is 1.05 bits per heavy atom. The van der Waals surface area contributed by atoms with Crippen molar-refractivity contribution >= 4 is 43.2 Å². The summed E-state index contributed by atoms with van der Waals surface area (Å²) in [6.07, 6.45) is 7.72. The molecule has 0 aliphatic heterocycles. The van der Waals surface area contributed by atoms with E-state index in [1.807, 2.05) is 12.1 Å². The molecule has 0 aliphatic rings. The first-order valence-corrected chi connectivity index (χ1v) is 8.42. The maximum Gasteiger partial charge on any atom is 0.168 e. The highest BCUT2D eigenvalue weighted by Crippen LogP contribution is 2.35. The van der Waals surface area contributed by atoms with Gasteiger partial charge in [0.1, 0.15) is 0 Å². The van der Waals surface area contributed by atoms with Gasteiger partial charge in [0, 0.05) is 10.9 Å². The van der Waals surface area contributed by atoms with Crippen LogP contribution in [0.25, 0.3) is 0 Å². The smallest absolute Gasteiger partial charge is 0.168 e. The molecule has 0 heterocycles. The molecule has 1 rings (SSSR count). The third-order valence-corrected chi connectivity index (χ3v) is 4.28. The Kier molecular flexibility index (Phi) is 8.30. The van der Waals surface area contributed by atoms with Crippen molar-refractivity contribution in [3.05, 3.63) is 21.1 Å². The van der Waals surface area contributed by atoms with E-state index >= 15 is 0 Å². The average molecular weight is 392 g/mol. The molecular weight excluding hydrogens is 370 g/mol. The predicted octanol–water partition coefficient (Wildman–Crippen LogP) is 4.32. The third kappa shape index (κ3) is 6.04. The molecule has 3 nitrogen and oxygen atoms in total. The number of azo groups is 1. The van der Waals surface area contributed by atoms with Crippen molar-refractivity contribution in [2.24, 2.45) is 5.11 Å². The van der Waals surface area contributed by atoms with Gasteiger partial charge >= 0.3 is 0 Å². The van der Waals surface area contributed by atoms with Gasteiger partial charge in [0.15, 0.2) is 12.2 Å². The van der Waals surface area contributed by atoms with Crippen molar-refractivity contribution in [1.29, 1.82) is 0 Å². The zero-order chi connectivity index (χ0) is 14.1. The fourth-order valence-electron chi connectivity index (χ4n) is 1.79. The molecule has 5 heteroatoms. The molecule has 0 atom stereocenters. The molecular formula is C14H22Br2N3+. The maximum absolute atomic E-state index is 5.97. The minimum atomic E-state index is 0.657. The number of rotatable bonds is 8. The van der Waals surface area contributed by atoms with Crippen LogP contribution in [-0.4, -0.2) is 6.54 Å². The second kappa shape index (κ2) is 9.48. The van der Waals surface area contributed by atoms with Crippen LogP contribution in [0.5, 0.6) is 0 Å². The van der Waals surface area contributed by atoms with E-state index < -0.39 is 0 Å². The maximum atomic E-state index is 5.97. The molecule has 1 aromatic rings. The highest BCUT2D eigenvalue weighted by atomic mass is 79.9. The van der Waals surface area contributed by atoms with E-state index in [9.17, 15) is 0 Å². The van der Waals surface area contributed by atoms with E-state index in [1.165, 1.54) is 32.1 Å². The minimum Gasteiger partial charge on any atom is -0.396 e. The van der Waals surface area contributed by atoms with Crippen molar-refractivity contribution in [3.8, 4) is 0 Å². The fraction of sp³-hybridized carbons (Fsp3) is 0.571. The highest BCUT2D eigenvalue weighted by Gasteiger charge is 2.09. The number of nitrogens with two attached hydrogens (primary N) is 1. The Hall–Kier alpha value is -0.420. The van der Waals surface area contributed by atoms with Gasteiger partial charge in [0.25, 0.3) is 0 Å². The summed E-state index contributed by atoms with van der Waals surface area (Å²) in [5.74, 6) is 0. The van der Waals surface area contributed by atoms with Gasteiger partial charge < -0.3 is 5.73 Å². The van der Waals surface area contributed by atoms with Gasteiger partial charge in [-0.3, -0.25) is 0 Å². The summed E-state index contributed by atoms with van der Waals surface area (Å²) in [5.41, 5.74) is 7.39. The molecule has 106 valence electrons. The van der Waals surface area contributed by atoms with Crippen LogP contribution >= 0.6 is 31.9 Å². The van der Waals surface area contributed by atoms with Gasteiger partial charge in [0.05, 0.1) is 10.2 Å². The van der Waals surface area contributed by atoms with Crippen molar-refractivity contribution < 1.29 is 5.11 Å². The highest BCUT2D eigenvalue weighted by molar-refractivity contribution is 9.11. The lowest BCUT2D eigenvalue weighted by Crippen LogP contribution is -2.65. The number of hydrogen-bond donors (Lipinski definition) is 2. The molecule has 0 saturated carbocycles. The van der Waals surface area contributed by atoms with Crippen LogP contribution in [0.3, 0.4) is 0 Å². The molecule has 19 heavy (non-hydrogen) atoms. The third-order valence-electron chi connectivity index (χ3n) is 2.95. The zero-order valence-corrected chi connectivity index (χ0v) is 14.6. The van der Waals surface area contributed by atoms with Gasteiger partial charge in [-0.25, -0.2) is 0 Å². The summed E-state index contributed by atoms with van der Waals surface area (Å²) < 4.78 is 1.78. The Morgan fingerprint density at radius 3 is 2.42 bits per heavy atom. The van der Waals surface area contributed by atoms with E-state index in [-0.39, 0.29) is 0 Å². The number of nitrogens with one attached hydrogen (secondary N) is 1. The normalized spacial score (nSPS) is 11.3. The topological polar surface area (TPSA) is 52.3 Å². The van der Waals surface area contributed by atoms with Crippen molar-refractivity contribution in [2.75, 3.05) is 12.3 Å². The molecule has 0 radical (unpaired) electrons. The van der Waals surface area contributed by atoms with Crippen molar-refractivity contribution in [1.82, 2.24) is 0 Å². The standard InChI is InChI=1S/C14H21Br2N3/c1-2-3-4-5-6-7-10-18-19-14-12(16)9-8-11(15)13(14)17/h8-9H,2-7,10,17H2,1H3/p+1. The minimum absolute atomic E-state index is 0.657. The fourth-order valence-corrected chi connectivity index (χ4v) is 2.54. The molecule has 0 saturated heterocycles. The van der Waals surface area contributed by atoms with Crippen LogP contribution in [0.4, 0.5) is 11.4 Å². The number of hydrogen-bond acceptors (Lipinski definition) is 2. The monoisotopic (exact) mass is 390 g/mol. The first-order valence-electron chi connectivity index (χ1n) is 6.84. The summed E-state index contributed by atoms with van der Waals surface area (Å²) in [4.78, 5) is 0. The predicted molar refractivity (Wildman–Crippen MR) is 87.5 cm³/mol. The van der Waals surface area contributed by atoms with Gasteiger partial charge in [0.2, 0.25) is 0 Å². The van der Waals surface area contributed by atoms with Crippen molar-refractivity contribution in [2.45, 2.75) is 45.4 Å². The van der Waals surface area contributed by atoms with Gasteiger partial charge in [-0.2, -0.15) is 0 Å². The van der Waals surface area contributed by atoms with E-state index in [1.54, 1.807) is 0 Å². The van der Waals surface area contributed by atoms with Crippen LogP contribution in [0.2, 0.25) is 0 Å². The molecule has 3 N–H and O–H groups in total. The van der Waals surface area contributed by atoms with E-state index in [2.05, 4.69) is 49.0 Å². The molecule has 1 aromatic carbocycles. The van der Waals surface area contributed by atoms with Crippen LogP contribution < -0.4 is 10.8 Å². The number of nitrogen functional groups attached to an aromatic ring is 1. The Morgan fingerprint density at radius 2 is 1.68 bits per heavy atom. The first kappa shape index (κ1) is 16.6. The van der Waals surface area contributed by atoms with Gasteiger partial charge in [-0.15, -0.1) is 5.11 Å². The summed E-state index contributed by atoms with van der Waals surface area (Å²) in [6.45, 7) is 3.13. The second-order valence-electron chi connectivity index (χ2n) is 4.58. The number of unbranched alkanes of at least 4 members (excludes halogenated alkanes) is 5. The zero-order valence-electron chi connectivity index (χ0n) is 11.4. The molecule has 0 spiro atoms. The molecule has 0 unspecified atom stereocenters. The summed E-state index contributed by atoms with van der Waals surface area (Å²) in [5, 5.41) is 7.44. The summed E-state index contributed by atoms with van der Waals surface area (Å²) >= 11 is 6.86. The van der Waals surface area contributed by atoms with Crippen LogP contribution in [0.1, 0.15) is 45.4 Å². The second-order valence-corrected chi connectivity index (χ2v) is 6.29.